The average Bonchev–Trinajstić information content (AvgIpc) is 3.05. The molecule has 3 heteroatoms. The molecule has 0 radical (unpaired) electrons. The molecule has 1 atom stereocenters. The van der Waals surface area contributed by atoms with Gasteiger partial charge >= 0.3 is 0 Å². The van der Waals surface area contributed by atoms with Gasteiger partial charge in [-0.2, -0.15) is 0 Å². The van der Waals surface area contributed by atoms with Crippen LogP contribution in [0.3, 0.4) is 0 Å². The molecule has 1 N–H and O–H groups in total. The Morgan fingerprint density at radius 2 is 1.75 bits per heavy atom. The van der Waals surface area contributed by atoms with Gasteiger partial charge in [-0.25, -0.2) is 0 Å². The third kappa shape index (κ3) is 3.25. The molecule has 4 rings (SSSR count). The van der Waals surface area contributed by atoms with Gasteiger partial charge in [0.15, 0.2) is 11.5 Å². The van der Waals surface area contributed by atoms with Crippen molar-refractivity contribution < 1.29 is 9.47 Å². The maximum Gasteiger partial charge on any atom is 0.161 e. The molecule has 0 saturated heterocycles. The van der Waals surface area contributed by atoms with E-state index < -0.39 is 0 Å². The Labute approximate surface area is 142 Å². The van der Waals surface area contributed by atoms with Gasteiger partial charge in [-0.3, -0.25) is 0 Å². The largest absolute Gasteiger partial charge is 0.486 e. The molecule has 0 amide bonds. The molecular weight excluding hydrogens is 298 g/mol. The van der Waals surface area contributed by atoms with E-state index in [1.165, 1.54) is 35.7 Å². The maximum absolute atomic E-state index is 6.01. The SMILES string of the molecule is c1ccc2c(c1)OCC(CCCCCc1c[nH]c3ccccc13)O2. The minimum atomic E-state index is 0.188. The van der Waals surface area contributed by atoms with Crippen LogP contribution in [0.4, 0.5) is 0 Å². The van der Waals surface area contributed by atoms with Gasteiger partial charge in [-0.05, 0) is 49.4 Å². The highest BCUT2D eigenvalue weighted by molar-refractivity contribution is 5.82. The van der Waals surface area contributed by atoms with Crippen molar-refractivity contribution >= 4 is 10.9 Å². The van der Waals surface area contributed by atoms with Gasteiger partial charge in [0.25, 0.3) is 0 Å². The molecule has 0 saturated carbocycles. The molecule has 0 aliphatic carbocycles. The lowest BCUT2D eigenvalue weighted by Gasteiger charge is -2.26. The minimum absolute atomic E-state index is 0.188. The Morgan fingerprint density at radius 1 is 0.917 bits per heavy atom. The number of aromatic nitrogens is 1. The van der Waals surface area contributed by atoms with Crippen molar-refractivity contribution in [3.05, 3.63) is 60.3 Å². The molecular formula is C21H23NO2. The number of fused-ring (bicyclic) bond motifs is 2. The molecule has 2 heterocycles. The second-order valence-electron chi connectivity index (χ2n) is 6.46. The fraction of sp³-hybridized carbons (Fsp3) is 0.333. The smallest absolute Gasteiger partial charge is 0.161 e. The van der Waals surface area contributed by atoms with Crippen molar-refractivity contribution in [2.24, 2.45) is 0 Å². The summed E-state index contributed by atoms with van der Waals surface area (Å²) in [5.41, 5.74) is 2.66. The van der Waals surface area contributed by atoms with Gasteiger partial charge in [0, 0.05) is 17.1 Å². The van der Waals surface area contributed by atoms with Crippen LogP contribution >= 0.6 is 0 Å². The van der Waals surface area contributed by atoms with Gasteiger partial charge in [0.2, 0.25) is 0 Å². The van der Waals surface area contributed by atoms with E-state index in [2.05, 4.69) is 35.4 Å². The van der Waals surface area contributed by atoms with E-state index in [-0.39, 0.29) is 6.10 Å². The number of para-hydroxylation sites is 3. The fourth-order valence-corrected chi connectivity index (χ4v) is 3.41. The standard InChI is InChI=1S/C21H23NO2/c1(2-8-16-14-22-19-11-5-4-10-18(16)19)3-9-17-15-23-20-12-6-7-13-21(20)24-17/h4-7,10-14,17,22H,1-3,8-9,15H2. The summed E-state index contributed by atoms with van der Waals surface area (Å²) in [7, 11) is 0. The lowest BCUT2D eigenvalue weighted by molar-refractivity contribution is 0.0829. The van der Waals surface area contributed by atoms with E-state index in [4.69, 9.17) is 9.47 Å². The Hall–Kier alpha value is -2.42. The average molecular weight is 321 g/mol. The molecule has 1 aliphatic heterocycles. The lowest BCUT2D eigenvalue weighted by Crippen LogP contribution is -2.28. The van der Waals surface area contributed by atoms with Crippen molar-refractivity contribution in [2.75, 3.05) is 6.61 Å². The molecule has 0 spiro atoms. The second kappa shape index (κ2) is 7.00. The molecule has 1 aliphatic rings. The van der Waals surface area contributed by atoms with Crippen molar-refractivity contribution in [1.82, 2.24) is 4.98 Å². The van der Waals surface area contributed by atoms with Gasteiger partial charge in [-0.15, -0.1) is 0 Å². The van der Waals surface area contributed by atoms with Crippen LogP contribution < -0.4 is 9.47 Å². The first-order chi connectivity index (χ1) is 11.9. The summed E-state index contributed by atoms with van der Waals surface area (Å²) in [5, 5.41) is 1.36. The maximum atomic E-state index is 6.01. The van der Waals surface area contributed by atoms with E-state index in [0.29, 0.717) is 6.61 Å². The fourth-order valence-electron chi connectivity index (χ4n) is 3.41. The quantitative estimate of drug-likeness (QED) is 0.640. The molecule has 2 aromatic carbocycles. The van der Waals surface area contributed by atoms with Crippen LogP contribution in [-0.4, -0.2) is 17.7 Å². The zero-order valence-electron chi connectivity index (χ0n) is 13.8. The number of benzene rings is 2. The second-order valence-corrected chi connectivity index (χ2v) is 6.46. The third-order valence-corrected chi connectivity index (χ3v) is 4.71. The molecule has 1 aromatic heterocycles. The highest BCUT2D eigenvalue weighted by atomic mass is 16.6. The first-order valence-electron chi connectivity index (χ1n) is 8.83. The number of ether oxygens (including phenoxy) is 2. The predicted octanol–water partition coefficient (Wildman–Crippen LogP) is 5.11. The van der Waals surface area contributed by atoms with Gasteiger partial charge < -0.3 is 14.5 Å². The molecule has 0 fully saturated rings. The number of H-pyrrole nitrogens is 1. The van der Waals surface area contributed by atoms with Crippen LogP contribution in [0.15, 0.2) is 54.7 Å². The molecule has 3 nitrogen and oxygen atoms in total. The molecule has 24 heavy (non-hydrogen) atoms. The summed E-state index contributed by atoms with van der Waals surface area (Å²) in [4.78, 5) is 3.35. The first-order valence-corrected chi connectivity index (χ1v) is 8.83. The molecule has 124 valence electrons. The Kier molecular flexibility index (Phi) is 4.41. The summed E-state index contributed by atoms with van der Waals surface area (Å²) in [5.74, 6) is 1.75. The number of unbranched alkanes of at least 4 members (excludes halogenated alkanes) is 2. The summed E-state index contributed by atoms with van der Waals surface area (Å²) >= 11 is 0. The third-order valence-electron chi connectivity index (χ3n) is 4.71. The number of aryl methyl sites for hydroxylation is 1. The van der Waals surface area contributed by atoms with Crippen molar-refractivity contribution in [1.29, 1.82) is 0 Å². The minimum Gasteiger partial charge on any atom is -0.486 e. The summed E-state index contributed by atoms with van der Waals surface area (Å²) < 4.78 is 11.8. The van der Waals surface area contributed by atoms with Crippen molar-refractivity contribution in [3.8, 4) is 11.5 Å². The van der Waals surface area contributed by atoms with Crippen LogP contribution in [0.25, 0.3) is 10.9 Å². The topological polar surface area (TPSA) is 34.2 Å². The Balaban J connectivity index is 1.21. The summed E-state index contributed by atoms with van der Waals surface area (Å²) in [6.45, 7) is 0.666. The summed E-state index contributed by atoms with van der Waals surface area (Å²) in [6.07, 6.45) is 8.15. The number of hydrogen-bond donors (Lipinski definition) is 1. The number of nitrogens with one attached hydrogen (secondary N) is 1. The van der Waals surface area contributed by atoms with E-state index in [1.807, 2.05) is 24.3 Å². The van der Waals surface area contributed by atoms with Crippen LogP contribution in [0.1, 0.15) is 31.2 Å². The van der Waals surface area contributed by atoms with E-state index >= 15 is 0 Å². The molecule has 0 bridgehead atoms. The van der Waals surface area contributed by atoms with Crippen molar-refractivity contribution in [2.45, 2.75) is 38.2 Å². The van der Waals surface area contributed by atoms with Crippen LogP contribution in [-0.2, 0) is 6.42 Å². The Morgan fingerprint density at radius 3 is 2.71 bits per heavy atom. The highest BCUT2D eigenvalue weighted by Gasteiger charge is 2.19. The Bertz CT molecular complexity index is 808. The van der Waals surface area contributed by atoms with E-state index in [1.54, 1.807) is 0 Å². The van der Waals surface area contributed by atoms with Crippen LogP contribution in [0.2, 0.25) is 0 Å². The zero-order chi connectivity index (χ0) is 16.2. The van der Waals surface area contributed by atoms with Gasteiger partial charge in [0.05, 0.1) is 0 Å². The van der Waals surface area contributed by atoms with Crippen LogP contribution in [0, 0.1) is 0 Å². The highest BCUT2D eigenvalue weighted by Crippen LogP contribution is 2.32. The lowest BCUT2D eigenvalue weighted by atomic mass is 10.0. The number of rotatable bonds is 6. The predicted molar refractivity (Wildman–Crippen MR) is 96.8 cm³/mol. The monoisotopic (exact) mass is 321 g/mol. The van der Waals surface area contributed by atoms with Gasteiger partial charge in [0.1, 0.15) is 12.7 Å². The van der Waals surface area contributed by atoms with Crippen LogP contribution in [0.5, 0.6) is 11.5 Å². The molecule has 3 aromatic rings. The summed E-state index contributed by atoms with van der Waals surface area (Å²) in [6, 6.07) is 16.4. The number of hydrogen-bond acceptors (Lipinski definition) is 2. The first kappa shape index (κ1) is 15.1. The van der Waals surface area contributed by atoms with E-state index in [9.17, 15) is 0 Å². The number of aromatic amines is 1. The van der Waals surface area contributed by atoms with Gasteiger partial charge in [-0.1, -0.05) is 36.8 Å². The zero-order valence-corrected chi connectivity index (χ0v) is 13.8. The molecule has 1 unspecified atom stereocenters. The normalized spacial score (nSPS) is 16.4. The van der Waals surface area contributed by atoms with Crippen molar-refractivity contribution in [3.63, 3.8) is 0 Å². The van der Waals surface area contributed by atoms with E-state index in [0.717, 1.165) is 24.3 Å².